The summed E-state index contributed by atoms with van der Waals surface area (Å²) in [7, 11) is 0. The molecule has 0 aliphatic rings. The topological polar surface area (TPSA) is 125 Å². The lowest BCUT2D eigenvalue weighted by Gasteiger charge is -2.09. The lowest BCUT2D eigenvalue weighted by molar-refractivity contribution is -0.274. The number of carboxylic acids is 1. The zero-order valence-electron chi connectivity index (χ0n) is 17.5. The molecule has 3 rings (SSSR count). The third-order valence-corrected chi connectivity index (χ3v) is 4.58. The second-order valence-corrected chi connectivity index (χ2v) is 7.14. The first-order valence-electron chi connectivity index (χ1n) is 9.76. The molecular weight excluding hydrogens is 453 g/mol. The predicted molar refractivity (Wildman–Crippen MR) is 119 cm³/mol. The number of anilines is 2. The summed E-state index contributed by atoms with van der Waals surface area (Å²) in [6.45, 7) is 0. The van der Waals surface area contributed by atoms with Gasteiger partial charge < -0.3 is 26.0 Å². The molecule has 0 aliphatic heterocycles. The fourth-order valence-electron chi connectivity index (χ4n) is 2.96. The van der Waals surface area contributed by atoms with Crippen molar-refractivity contribution < 1.29 is 37.3 Å². The fourth-order valence-corrected chi connectivity index (χ4v) is 2.96. The van der Waals surface area contributed by atoms with Crippen LogP contribution >= 0.6 is 0 Å². The Morgan fingerprint density at radius 2 is 1.53 bits per heavy atom. The molecule has 0 radical (unpaired) electrons. The zero-order chi connectivity index (χ0) is 24.9. The molecular formula is C24H19F3N2O5. The maximum absolute atomic E-state index is 12.2. The Hall–Kier alpha value is -4.47. The monoisotopic (exact) mass is 472 g/mol. The van der Waals surface area contributed by atoms with E-state index >= 15 is 0 Å². The Kier molecular flexibility index (Phi) is 7.10. The minimum absolute atomic E-state index is 0.0198. The number of esters is 1. The molecule has 0 amide bonds. The van der Waals surface area contributed by atoms with Gasteiger partial charge in [0.1, 0.15) is 11.5 Å². The van der Waals surface area contributed by atoms with Crippen molar-refractivity contribution in [2.24, 2.45) is 0 Å². The van der Waals surface area contributed by atoms with E-state index in [9.17, 15) is 27.9 Å². The van der Waals surface area contributed by atoms with Gasteiger partial charge in [0, 0.05) is 23.4 Å². The van der Waals surface area contributed by atoms with Gasteiger partial charge in [-0.3, -0.25) is 0 Å². The highest BCUT2D eigenvalue weighted by Gasteiger charge is 2.31. The van der Waals surface area contributed by atoms with Gasteiger partial charge in [0.05, 0.1) is 5.56 Å². The quantitative estimate of drug-likeness (QED) is 0.197. The van der Waals surface area contributed by atoms with Crippen molar-refractivity contribution in [1.82, 2.24) is 0 Å². The van der Waals surface area contributed by atoms with E-state index in [1.807, 2.05) is 0 Å². The Balaban J connectivity index is 1.69. The second kappa shape index (κ2) is 9.99. The number of ether oxygens (including phenoxy) is 2. The molecule has 10 heteroatoms. The van der Waals surface area contributed by atoms with E-state index < -0.39 is 24.1 Å². The average molecular weight is 472 g/mol. The number of carboxylic acid groups (broad SMARTS) is 1. The average Bonchev–Trinajstić information content (AvgIpc) is 2.76. The second-order valence-electron chi connectivity index (χ2n) is 7.14. The number of benzene rings is 3. The Labute approximate surface area is 192 Å². The highest BCUT2D eigenvalue weighted by Crippen LogP contribution is 2.24. The molecule has 7 nitrogen and oxygen atoms in total. The number of carbonyl (C=O) groups excluding carboxylic acids is 1. The maximum Gasteiger partial charge on any atom is 0.573 e. The first-order chi connectivity index (χ1) is 16.0. The molecule has 0 unspecified atom stereocenters. The van der Waals surface area contributed by atoms with Crippen LogP contribution in [0.3, 0.4) is 0 Å². The molecule has 34 heavy (non-hydrogen) atoms. The Morgan fingerprint density at radius 1 is 0.912 bits per heavy atom. The van der Waals surface area contributed by atoms with Gasteiger partial charge >= 0.3 is 18.3 Å². The van der Waals surface area contributed by atoms with Crippen LogP contribution in [0.5, 0.6) is 11.5 Å². The highest BCUT2D eigenvalue weighted by atomic mass is 19.4. The van der Waals surface area contributed by atoms with Gasteiger partial charge in [-0.1, -0.05) is 12.1 Å². The van der Waals surface area contributed by atoms with Gasteiger partial charge in [0.2, 0.25) is 0 Å². The molecule has 0 aliphatic carbocycles. The van der Waals surface area contributed by atoms with Crippen LogP contribution in [0.4, 0.5) is 24.5 Å². The minimum Gasteiger partial charge on any atom is -0.478 e. The molecule has 176 valence electrons. The summed E-state index contributed by atoms with van der Waals surface area (Å²) in [5, 5.41) is 9.56. The predicted octanol–water partition coefficient (Wildman–Crippen LogP) is 4.68. The smallest absolute Gasteiger partial charge is 0.478 e. The molecule has 3 aromatic carbocycles. The summed E-state index contributed by atoms with van der Waals surface area (Å²) in [5.74, 6) is -2.22. The van der Waals surface area contributed by atoms with Crippen LogP contribution < -0.4 is 20.9 Å². The molecule has 3 aromatic rings. The van der Waals surface area contributed by atoms with Crippen LogP contribution in [-0.2, 0) is 11.2 Å². The van der Waals surface area contributed by atoms with Gasteiger partial charge in [-0.25, -0.2) is 9.59 Å². The van der Waals surface area contributed by atoms with Crippen LogP contribution in [0.2, 0.25) is 0 Å². The summed E-state index contributed by atoms with van der Waals surface area (Å²) in [6.07, 6.45) is -3.33. The maximum atomic E-state index is 12.2. The number of carbonyl (C=O) groups is 2. The van der Waals surface area contributed by atoms with Gasteiger partial charge in [-0.05, 0) is 71.8 Å². The van der Waals surface area contributed by atoms with Crippen LogP contribution in [-0.4, -0.2) is 23.4 Å². The number of nitrogen functional groups attached to an aromatic ring is 2. The van der Waals surface area contributed by atoms with Crippen molar-refractivity contribution in [2.45, 2.75) is 12.8 Å². The summed E-state index contributed by atoms with van der Waals surface area (Å²) in [6, 6.07) is 15.1. The van der Waals surface area contributed by atoms with E-state index in [2.05, 4.69) is 4.74 Å². The molecule has 0 spiro atoms. The number of halogens is 3. The van der Waals surface area contributed by atoms with E-state index in [-0.39, 0.29) is 23.3 Å². The minimum atomic E-state index is -4.83. The third-order valence-electron chi connectivity index (χ3n) is 4.58. The molecule has 0 atom stereocenters. The summed E-state index contributed by atoms with van der Waals surface area (Å²) in [4.78, 5) is 23.9. The van der Waals surface area contributed by atoms with E-state index in [0.717, 1.165) is 24.3 Å². The number of alkyl halides is 3. The van der Waals surface area contributed by atoms with Crippen LogP contribution in [0, 0.1) is 0 Å². The normalized spacial score (nSPS) is 11.7. The number of hydrogen-bond acceptors (Lipinski definition) is 6. The van der Waals surface area contributed by atoms with E-state index in [1.165, 1.54) is 18.2 Å². The van der Waals surface area contributed by atoms with Crippen LogP contribution in [0.1, 0.15) is 21.5 Å². The molecule has 0 fully saturated rings. The van der Waals surface area contributed by atoms with E-state index in [4.69, 9.17) is 16.2 Å². The molecule has 0 aromatic heterocycles. The number of rotatable bonds is 7. The Bertz CT molecular complexity index is 1220. The lowest BCUT2D eigenvalue weighted by atomic mass is 10.0. The van der Waals surface area contributed by atoms with E-state index in [0.29, 0.717) is 22.5 Å². The van der Waals surface area contributed by atoms with Crippen molar-refractivity contribution in [1.29, 1.82) is 0 Å². The van der Waals surface area contributed by atoms with E-state index in [1.54, 1.807) is 30.3 Å². The first-order valence-corrected chi connectivity index (χ1v) is 9.76. The molecule has 0 bridgehead atoms. The molecule has 5 N–H and O–H groups in total. The fraction of sp³-hybridized carbons (Fsp3) is 0.0833. The third kappa shape index (κ3) is 6.76. The summed E-state index contributed by atoms with van der Waals surface area (Å²) in [5.41, 5.74) is 13.7. The van der Waals surface area contributed by atoms with Crippen molar-refractivity contribution in [3.05, 3.63) is 89.0 Å². The highest BCUT2D eigenvalue weighted by molar-refractivity contribution is 5.93. The standard InChI is InChI=1S/C24H19F3N2O5/c25-24(26,27)34-20-8-3-15(4-9-20)23(32)33-19-6-1-14(2-7-19)11-17(22(30)31)12-16-13-18(28)5-10-21(16)29/h1-11,13H,12,28-29H2,(H,30,31)/b17-11+. The summed E-state index contributed by atoms with van der Waals surface area (Å²) >= 11 is 0. The molecule has 0 saturated carbocycles. The van der Waals surface area contributed by atoms with Gasteiger partial charge in [-0.2, -0.15) is 0 Å². The number of hydrogen-bond donors (Lipinski definition) is 3. The number of nitrogens with two attached hydrogens (primary N) is 2. The van der Waals surface area contributed by atoms with Gasteiger partial charge in [-0.15, -0.1) is 13.2 Å². The van der Waals surface area contributed by atoms with Crippen molar-refractivity contribution in [2.75, 3.05) is 11.5 Å². The van der Waals surface area contributed by atoms with Crippen molar-refractivity contribution in [3.8, 4) is 11.5 Å². The Morgan fingerprint density at radius 3 is 2.12 bits per heavy atom. The lowest BCUT2D eigenvalue weighted by Crippen LogP contribution is -2.17. The molecule has 0 heterocycles. The van der Waals surface area contributed by atoms with Crippen molar-refractivity contribution in [3.63, 3.8) is 0 Å². The molecule has 0 saturated heterocycles. The van der Waals surface area contributed by atoms with Gasteiger partial charge in [0.15, 0.2) is 0 Å². The summed E-state index contributed by atoms with van der Waals surface area (Å²) < 4.78 is 45.6. The van der Waals surface area contributed by atoms with Crippen LogP contribution in [0.25, 0.3) is 6.08 Å². The van der Waals surface area contributed by atoms with Crippen molar-refractivity contribution >= 4 is 29.4 Å². The zero-order valence-corrected chi connectivity index (χ0v) is 17.5. The SMILES string of the molecule is Nc1ccc(N)c(C/C(=C\c2ccc(OC(=O)c3ccc(OC(F)(F)F)cc3)cc2)C(=O)O)c1. The van der Waals surface area contributed by atoms with Gasteiger partial charge in [0.25, 0.3) is 0 Å². The number of aliphatic carboxylic acids is 1. The van der Waals surface area contributed by atoms with Crippen LogP contribution in [0.15, 0.2) is 72.3 Å². The first kappa shape index (κ1) is 24.2. The largest absolute Gasteiger partial charge is 0.573 e.